The van der Waals surface area contributed by atoms with Gasteiger partial charge in [-0.2, -0.15) is 0 Å². The maximum atomic E-state index is 12.7. The molecule has 1 aliphatic heterocycles. The van der Waals surface area contributed by atoms with Crippen LogP contribution in [-0.2, 0) is 4.79 Å². The molecule has 2 fully saturated rings. The normalized spacial score (nSPS) is 21.7. The molecule has 0 aromatic heterocycles. The fourth-order valence-corrected chi connectivity index (χ4v) is 4.02. The smallest absolute Gasteiger partial charge is 0.254 e. The summed E-state index contributed by atoms with van der Waals surface area (Å²) in [5, 5.41) is 3.94. The number of nitrogens with zero attached hydrogens (tertiary/aromatic N) is 1. The van der Waals surface area contributed by atoms with Crippen LogP contribution in [0.3, 0.4) is 0 Å². The van der Waals surface area contributed by atoms with Crippen LogP contribution in [0.15, 0.2) is 18.2 Å². The lowest BCUT2D eigenvalue weighted by molar-refractivity contribution is -0.125. The quantitative estimate of drug-likeness (QED) is 0.900. The molecule has 1 unspecified atom stereocenters. The third kappa shape index (κ3) is 3.81. The molecule has 23 heavy (non-hydrogen) atoms. The third-order valence-electron chi connectivity index (χ3n) is 4.63. The van der Waals surface area contributed by atoms with Crippen molar-refractivity contribution in [3.63, 3.8) is 0 Å². The summed E-state index contributed by atoms with van der Waals surface area (Å²) < 4.78 is 0. The average molecular weight is 355 g/mol. The van der Waals surface area contributed by atoms with Gasteiger partial charge in [-0.3, -0.25) is 9.59 Å². The molecule has 124 valence electrons. The summed E-state index contributed by atoms with van der Waals surface area (Å²) in [6.07, 6.45) is 5.95. The van der Waals surface area contributed by atoms with Crippen LogP contribution in [0.2, 0.25) is 10.0 Å². The molecule has 1 aromatic rings. The molecule has 1 atom stereocenters. The van der Waals surface area contributed by atoms with E-state index in [9.17, 15) is 9.59 Å². The van der Waals surface area contributed by atoms with Gasteiger partial charge in [0.1, 0.15) is 6.04 Å². The van der Waals surface area contributed by atoms with Gasteiger partial charge in [-0.1, -0.05) is 36.0 Å². The highest BCUT2D eigenvalue weighted by Crippen LogP contribution is 2.25. The lowest BCUT2D eigenvalue weighted by atomic mass is 10.1. The van der Waals surface area contributed by atoms with Crippen molar-refractivity contribution in [1.29, 1.82) is 0 Å². The van der Waals surface area contributed by atoms with E-state index in [-0.39, 0.29) is 23.9 Å². The Kier molecular flexibility index (Phi) is 5.12. The number of hydrogen-bond donors (Lipinski definition) is 1. The van der Waals surface area contributed by atoms with Gasteiger partial charge in [-0.25, -0.2) is 0 Å². The maximum absolute atomic E-state index is 12.7. The Morgan fingerprint density at radius 2 is 1.65 bits per heavy atom. The van der Waals surface area contributed by atoms with Crippen LogP contribution < -0.4 is 5.32 Å². The first kappa shape index (κ1) is 16.6. The summed E-state index contributed by atoms with van der Waals surface area (Å²) in [7, 11) is 0. The van der Waals surface area contributed by atoms with Gasteiger partial charge in [0.15, 0.2) is 0 Å². The summed E-state index contributed by atoms with van der Waals surface area (Å²) in [5.74, 6) is -0.214. The molecule has 4 nitrogen and oxygen atoms in total. The highest BCUT2D eigenvalue weighted by Gasteiger charge is 2.35. The first-order chi connectivity index (χ1) is 11.0. The molecule has 1 aromatic carbocycles. The van der Waals surface area contributed by atoms with Gasteiger partial charge in [0, 0.05) is 28.2 Å². The van der Waals surface area contributed by atoms with Crippen molar-refractivity contribution >= 4 is 35.0 Å². The van der Waals surface area contributed by atoms with E-state index in [1.807, 2.05) is 0 Å². The van der Waals surface area contributed by atoms with Crippen molar-refractivity contribution in [1.82, 2.24) is 10.2 Å². The van der Waals surface area contributed by atoms with E-state index in [0.29, 0.717) is 28.6 Å². The van der Waals surface area contributed by atoms with Gasteiger partial charge in [0.25, 0.3) is 5.91 Å². The second kappa shape index (κ2) is 7.10. The number of likely N-dealkylation sites (tertiary alicyclic amines) is 1. The van der Waals surface area contributed by atoms with E-state index >= 15 is 0 Å². The number of amides is 2. The molecule has 2 amide bonds. The maximum Gasteiger partial charge on any atom is 0.254 e. The van der Waals surface area contributed by atoms with Gasteiger partial charge < -0.3 is 10.2 Å². The molecule has 3 rings (SSSR count). The number of benzene rings is 1. The van der Waals surface area contributed by atoms with Crippen molar-refractivity contribution < 1.29 is 9.59 Å². The fraction of sp³-hybridized carbons (Fsp3) is 0.529. The Labute approximate surface area is 146 Å². The SMILES string of the molecule is O=C(NC1CCCC1)C1CCCN1C(=O)c1cc(Cl)cc(Cl)c1. The monoisotopic (exact) mass is 354 g/mol. The van der Waals surface area contributed by atoms with Crippen LogP contribution in [-0.4, -0.2) is 35.3 Å². The van der Waals surface area contributed by atoms with E-state index < -0.39 is 0 Å². The predicted octanol–water partition coefficient (Wildman–Crippen LogP) is 3.66. The van der Waals surface area contributed by atoms with Crippen molar-refractivity contribution in [2.24, 2.45) is 0 Å². The Morgan fingerprint density at radius 1 is 1.00 bits per heavy atom. The Bertz CT molecular complexity index is 594. The largest absolute Gasteiger partial charge is 0.352 e. The van der Waals surface area contributed by atoms with Gasteiger partial charge in [0.2, 0.25) is 5.91 Å². The summed E-state index contributed by atoms with van der Waals surface area (Å²) >= 11 is 12.0. The third-order valence-corrected chi connectivity index (χ3v) is 5.06. The topological polar surface area (TPSA) is 49.4 Å². The van der Waals surface area contributed by atoms with Gasteiger partial charge >= 0.3 is 0 Å². The van der Waals surface area contributed by atoms with Crippen LogP contribution in [0, 0.1) is 0 Å². The first-order valence-corrected chi connectivity index (χ1v) is 8.87. The summed E-state index contributed by atoms with van der Waals surface area (Å²) in [5.41, 5.74) is 0.433. The van der Waals surface area contributed by atoms with Gasteiger partial charge in [0.05, 0.1) is 0 Å². The number of carbonyl (C=O) groups excluding carboxylic acids is 2. The van der Waals surface area contributed by atoms with E-state index in [2.05, 4.69) is 5.32 Å². The first-order valence-electron chi connectivity index (χ1n) is 8.12. The number of halogens is 2. The molecule has 0 spiro atoms. The summed E-state index contributed by atoms with van der Waals surface area (Å²) in [6, 6.07) is 4.66. The molecule has 1 saturated carbocycles. The zero-order valence-corrected chi connectivity index (χ0v) is 14.4. The van der Waals surface area contributed by atoms with Crippen molar-refractivity contribution in [3.8, 4) is 0 Å². The van der Waals surface area contributed by atoms with Crippen LogP contribution in [0.5, 0.6) is 0 Å². The molecule has 1 heterocycles. The van der Waals surface area contributed by atoms with Crippen LogP contribution in [0.25, 0.3) is 0 Å². The minimum atomic E-state index is -0.388. The molecule has 6 heteroatoms. The molecule has 0 bridgehead atoms. The lowest BCUT2D eigenvalue weighted by Crippen LogP contribution is -2.48. The predicted molar refractivity (Wildman–Crippen MR) is 90.9 cm³/mol. The molecule has 0 radical (unpaired) electrons. The van der Waals surface area contributed by atoms with Crippen LogP contribution >= 0.6 is 23.2 Å². The number of hydrogen-bond acceptors (Lipinski definition) is 2. The second-order valence-electron chi connectivity index (χ2n) is 6.30. The highest BCUT2D eigenvalue weighted by molar-refractivity contribution is 6.35. The van der Waals surface area contributed by atoms with Gasteiger partial charge in [-0.05, 0) is 43.9 Å². The molecular weight excluding hydrogens is 335 g/mol. The van der Waals surface area contributed by atoms with E-state index in [0.717, 1.165) is 19.3 Å². The average Bonchev–Trinajstić information content (AvgIpc) is 3.16. The Balaban J connectivity index is 1.72. The van der Waals surface area contributed by atoms with Crippen LogP contribution in [0.1, 0.15) is 48.9 Å². The van der Waals surface area contributed by atoms with E-state index in [1.165, 1.54) is 12.8 Å². The van der Waals surface area contributed by atoms with E-state index in [4.69, 9.17) is 23.2 Å². The molecule has 1 N–H and O–H groups in total. The highest BCUT2D eigenvalue weighted by atomic mass is 35.5. The molecule has 1 saturated heterocycles. The lowest BCUT2D eigenvalue weighted by Gasteiger charge is -2.25. The number of carbonyl (C=O) groups is 2. The number of nitrogens with one attached hydrogen (secondary N) is 1. The number of rotatable bonds is 3. The minimum Gasteiger partial charge on any atom is -0.352 e. The molecule has 1 aliphatic carbocycles. The van der Waals surface area contributed by atoms with Crippen molar-refractivity contribution in [2.45, 2.75) is 50.6 Å². The van der Waals surface area contributed by atoms with Crippen molar-refractivity contribution in [3.05, 3.63) is 33.8 Å². The summed E-state index contributed by atoms with van der Waals surface area (Å²) in [6.45, 7) is 0.589. The Morgan fingerprint density at radius 3 is 2.30 bits per heavy atom. The standard InChI is InChI=1S/C17H20Cl2N2O2/c18-12-8-11(9-13(19)10-12)17(23)21-7-3-6-15(21)16(22)20-14-4-1-2-5-14/h8-10,14-15H,1-7H2,(H,20,22). The minimum absolute atomic E-state index is 0.0316. The van der Waals surface area contributed by atoms with E-state index in [1.54, 1.807) is 23.1 Å². The summed E-state index contributed by atoms with van der Waals surface area (Å²) in [4.78, 5) is 26.9. The molecular formula is C17H20Cl2N2O2. The second-order valence-corrected chi connectivity index (χ2v) is 7.18. The Hall–Kier alpha value is -1.26. The zero-order chi connectivity index (χ0) is 16.4. The van der Waals surface area contributed by atoms with Gasteiger partial charge in [-0.15, -0.1) is 0 Å². The fourth-order valence-electron chi connectivity index (χ4n) is 3.49. The van der Waals surface area contributed by atoms with Crippen molar-refractivity contribution in [2.75, 3.05) is 6.54 Å². The molecule has 2 aliphatic rings. The zero-order valence-electron chi connectivity index (χ0n) is 12.9. The van der Waals surface area contributed by atoms with Crippen LogP contribution in [0.4, 0.5) is 0 Å².